The Labute approximate surface area is 155 Å². The summed E-state index contributed by atoms with van der Waals surface area (Å²) in [5.41, 5.74) is 3.21. The van der Waals surface area contributed by atoms with Crippen LogP contribution in [0.3, 0.4) is 0 Å². The molecule has 1 aromatic carbocycles. The van der Waals surface area contributed by atoms with E-state index in [0.29, 0.717) is 11.0 Å². The van der Waals surface area contributed by atoms with Gasteiger partial charge in [0.05, 0.1) is 17.6 Å². The maximum absolute atomic E-state index is 13.3. The Kier molecular flexibility index (Phi) is 4.16. The number of aromatic nitrogens is 4. The van der Waals surface area contributed by atoms with Crippen molar-refractivity contribution < 1.29 is 0 Å². The van der Waals surface area contributed by atoms with Gasteiger partial charge in [-0.2, -0.15) is 0 Å². The monoisotopic (exact) mass is 358 g/mol. The summed E-state index contributed by atoms with van der Waals surface area (Å²) in [6, 6.07) is 12.8. The zero-order chi connectivity index (χ0) is 19.0. The minimum Gasteiger partial charge on any atom is -0.268 e. The van der Waals surface area contributed by atoms with Crippen molar-refractivity contribution in [1.29, 1.82) is 0 Å². The smallest absolute Gasteiger partial charge is 0.268 e. The van der Waals surface area contributed by atoms with Crippen LogP contribution < -0.4 is 11.2 Å². The normalized spacial score (nSPS) is 11.0. The highest BCUT2D eigenvalue weighted by Gasteiger charge is 2.16. The van der Waals surface area contributed by atoms with Crippen molar-refractivity contribution >= 4 is 11.0 Å². The lowest BCUT2D eigenvalue weighted by Crippen LogP contribution is -2.40. The average Bonchev–Trinajstić information content (AvgIpc) is 2.68. The van der Waals surface area contributed by atoms with Crippen LogP contribution in [0.25, 0.3) is 16.7 Å². The van der Waals surface area contributed by atoms with Crippen molar-refractivity contribution in [2.75, 3.05) is 0 Å². The van der Waals surface area contributed by atoms with Crippen LogP contribution in [0.2, 0.25) is 0 Å². The molecule has 0 aliphatic heterocycles. The zero-order valence-corrected chi connectivity index (χ0v) is 15.1. The first-order chi connectivity index (χ1) is 13.1. The quantitative estimate of drug-likeness (QED) is 0.564. The standard InChI is InChI=1S/C21H18N4O2/c1-14-5-6-18(15(2)12-14)25-19-17(4-3-9-23-19)20(26)24(21(25)27)13-16-7-10-22-11-8-16/h3-12H,13H2,1-2H3. The van der Waals surface area contributed by atoms with Gasteiger partial charge < -0.3 is 0 Å². The molecule has 0 aliphatic carbocycles. The molecule has 0 radical (unpaired) electrons. The summed E-state index contributed by atoms with van der Waals surface area (Å²) in [6.45, 7) is 4.12. The van der Waals surface area contributed by atoms with Gasteiger partial charge in [-0.15, -0.1) is 0 Å². The lowest BCUT2D eigenvalue weighted by atomic mass is 10.1. The maximum atomic E-state index is 13.3. The molecular formula is C21H18N4O2. The number of hydrogen-bond donors (Lipinski definition) is 0. The van der Waals surface area contributed by atoms with Gasteiger partial charge in [0.15, 0.2) is 5.65 Å². The Balaban J connectivity index is 2.06. The first-order valence-electron chi connectivity index (χ1n) is 8.63. The molecule has 0 saturated heterocycles. The summed E-state index contributed by atoms with van der Waals surface area (Å²) >= 11 is 0. The number of aryl methyl sites for hydroxylation is 2. The van der Waals surface area contributed by atoms with E-state index in [1.165, 1.54) is 9.13 Å². The van der Waals surface area contributed by atoms with Crippen LogP contribution in [0.1, 0.15) is 16.7 Å². The molecule has 0 atom stereocenters. The van der Waals surface area contributed by atoms with Crippen LogP contribution in [0, 0.1) is 13.8 Å². The first-order valence-corrected chi connectivity index (χ1v) is 8.63. The molecule has 134 valence electrons. The van der Waals surface area contributed by atoms with E-state index in [1.54, 1.807) is 42.9 Å². The minimum absolute atomic E-state index is 0.177. The Morgan fingerprint density at radius 2 is 1.74 bits per heavy atom. The molecule has 0 N–H and O–H groups in total. The van der Waals surface area contributed by atoms with Crippen molar-refractivity contribution in [3.05, 3.63) is 98.6 Å². The number of rotatable bonds is 3. The average molecular weight is 358 g/mol. The Hall–Kier alpha value is -3.54. The topological polar surface area (TPSA) is 69.8 Å². The lowest BCUT2D eigenvalue weighted by Gasteiger charge is -2.15. The molecule has 3 aromatic heterocycles. The highest BCUT2D eigenvalue weighted by Crippen LogP contribution is 2.17. The number of nitrogens with zero attached hydrogens (tertiary/aromatic N) is 4. The van der Waals surface area contributed by atoms with Gasteiger partial charge in [0.1, 0.15) is 0 Å². The Morgan fingerprint density at radius 3 is 2.48 bits per heavy atom. The second kappa shape index (κ2) is 6.64. The van der Waals surface area contributed by atoms with Gasteiger partial charge in [0.25, 0.3) is 5.56 Å². The van der Waals surface area contributed by atoms with Gasteiger partial charge in [-0.3, -0.25) is 14.3 Å². The van der Waals surface area contributed by atoms with Gasteiger partial charge in [-0.25, -0.2) is 14.3 Å². The van der Waals surface area contributed by atoms with E-state index in [-0.39, 0.29) is 12.1 Å². The number of pyridine rings is 2. The van der Waals surface area contributed by atoms with Crippen molar-refractivity contribution in [3.8, 4) is 5.69 Å². The van der Waals surface area contributed by atoms with Crippen LogP contribution >= 0.6 is 0 Å². The second-order valence-electron chi connectivity index (χ2n) is 6.53. The third-order valence-corrected chi connectivity index (χ3v) is 4.58. The van der Waals surface area contributed by atoms with Gasteiger partial charge in [-0.1, -0.05) is 17.7 Å². The van der Waals surface area contributed by atoms with Gasteiger partial charge >= 0.3 is 5.69 Å². The van der Waals surface area contributed by atoms with Gasteiger partial charge in [0, 0.05) is 18.6 Å². The lowest BCUT2D eigenvalue weighted by molar-refractivity contribution is 0.681. The zero-order valence-electron chi connectivity index (χ0n) is 15.1. The summed E-state index contributed by atoms with van der Waals surface area (Å²) < 4.78 is 2.77. The molecule has 0 aliphatic rings. The van der Waals surface area contributed by atoms with E-state index in [9.17, 15) is 9.59 Å². The molecular weight excluding hydrogens is 340 g/mol. The minimum atomic E-state index is -0.407. The largest absolute Gasteiger partial charge is 0.337 e. The fourth-order valence-corrected chi connectivity index (χ4v) is 3.27. The number of fused-ring (bicyclic) bond motifs is 1. The van der Waals surface area contributed by atoms with Crippen molar-refractivity contribution in [3.63, 3.8) is 0 Å². The van der Waals surface area contributed by atoms with Crippen LogP contribution in [0.4, 0.5) is 0 Å². The molecule has 0 fully saturated rings. The SMILES string of the molecule is Cc1ccc(-n2c(=O)n(Cc3ccncc3)c(=O)c3cccnc32)c(C)c1. The third kappa shape index (κ3) is 2.95. The summed E-state index contributed by atoms with van der Waals surface area (Å²) in [4.78, 5) is 34.6. The second-order valence-corrected chi connectivity index (χ2v) is 6.53. The van der Waals surface area contributed by atoms with Crippen molar-refractivity contribution in [2.24, 2.45) is 0 Å². The molecule has 0 bridgehead atoms. The predicted octanol–water partition coefficient (Wildman–Crippen LogP) is 2.61. The van der Waals surface area contributed by atoms with Crippen LogP contribution in [-0.2, 0) is 6.54 Å². The van der Waals surface area contributed by atoms with Crippen molar-refractivity contribution in [2.45, 2.75) is 20.4 Å². The van der Waals surface area contributed by atoms with Gasteiger partial charge in [-0.05, 0) is 55.3 Å². The number of benzene rings is 1. The van der Waals surface area contributed by atoms with E-state index in [2.05, 4.69) is 9.97 Å². The van der Waals surface area contributed by atoms with Gasteiger partial charge in [0.2, 0.25) is 0 Å². The third-order valence-electron chi connectivity index (χ3n) is 4.58. The molecule has 27 heavy (non-hydrogen) atoms. The molecule has 4 rings (SSSR count). The van der Waals surface area contributed by atoms with E-state index < -0.39 is 5.69 Å². The highest BCUT2D eigenvalue weighted by molar-refractivity contribution is 5.75. The molecule has 0 saturated carbocycles. The van der Waals surface area contributed by atoms with E-state index in [0.717, 1.165) is 22.4 Å². The maximum Gasteiger partial charge on any atom is 0.337 e. The Bertz CT molecular complexity index is 1260. The summed E-state index contributed by atoms with van der Waals surface area (Å²) in [7, 11) is 0. The van der Waals surface area contributed by atoms with Crippen molar-refractivity contribution in [1.82, 2.24) is 19.1 Å². The number of hydrogen-bond acceptors (Lipinski definition) is 4. The fraction of sp³-hybridized carbons (Fsp3) is 0.143. The van der Waals surface area contributed by atoms with E-state index in [4.69, 9.17) is 0 Å². The van der Waals surface area contributed by atoms with E-state index >= 15 is 0 Å². The molecule has 0 unspecified atom stereocenters. The summed E-state index contributed by atoms with van der Waals surface area (Å²) in [5, 5.41) is 0.408. The molecule has 0 amide bonds. The fourth-order valence-electron chi connectivity index (χ4n) is 3.27. The van der Waals surface area contributed by atoms with Crippen LogP contribution in [0.5, 0.6) is 0 Å². The molecule has 3 heterocycles. The summed E-state index contributed by atoms with van der Waals surface area (Å²) in [5.74, 6) is 0. The molecule has 6 nitrogen and oxygen atoms in total. The summed E-state index contributed by atoms with van der Waals surface area (Å²) in [6.07, 6.45) is 4.88. The first kappa shape index (κ1) is 16.9. The molecule has 4 aromatic rings. The highest BCUT2D eigenvalue weighted by atomic mass is 16.2. The van der Waals surface area contributed by atoms with Crippen LogP contribution in [0.15, 0.2) is 70.6 Å². The molecule has 6 heteroatoms. The predicted molar refractivity (Wildman–Crippen MR) is 104 cm³/mol. The molecule has 0 spiro atoms. The van der Waals surface area contributed by atoms with E-state index in [1.807, 2.05) is 32.0 Å². The van der Waals surface area contributed by atoms with Crippen LogP contribution in [-0.4, -0.2) is 19.1 Å². The Morgan fingerprint density at radius 1 is 0.963 bits per heavy atom.